The lowest BCUT2D eigenvalue weighted by Gasteiger charge is -2.20. The van der Waals surface area contributed by atoms with E-state index in [1.54, 1.807) is 0 Å². The molecule has 2 nitrogen and oxygen atoms in total. The highest BCUT2D eigenvalue weighted by Gasteiger charge is 2.45. The maximum Gasteiger partial charge on any atom is 0.171 e. The summed E-state index contributed by atoms with van der Waals surface area (Å²) in [6.07, 6.45) is 0.107. The average molecular weight is 190 g/mol. The SMILES string of the molecule is CC(C)(C(=O)c1ccccc1)C1CO1. The molecule has 14 heavy (non-hydrogen) atoms. The number of hydrogen-bond acceptors (Lipinski definition) is 2. The Bertz CT molecular complexity index is 337. The van der Waals surface area contributed by atoms with E-state index in [9.17, 15) is 4.79 Å². The minimum atomic E-state index is -0.388. The van der Waals surface area contributed by atoms with Crippen molar-refractivity contribution in [1.82, 2.24) is 0 Å². The van der Waals surface area contributed by atoms with E-state index in [2.05, 4.69) is 0 Å². The van der Waals surface area contributed by atoms with Gasteiger partial charge in [0.25, 0.3) is 0 Å². The number of benzene rings is 1. The highest BCUT2D eigenvalue weighted by Crippen LogP contribution is 2.35. The third-order valence-electron chi connectivity index (χ3n) is 2.76. The Labute approximate surface area is 83.9 Å². The highest BCUT2D eigenvalue weighted by atomic mass is 16.6. The zero-order valence-corrected chi connectivity index (χ0v) is 8.49. The van der Waals surface area contributed by atoms with Crippen LogP contribution in [0.5, 0.6) is 0 Å². The largest absolute Gasteiger partial charge is 0.372 e. The van der Waals surface area contributed by atoms with Gasteiger partial charge in [0.15, 0.2) is 5.78 Å². The summed E-state index contributed by atoms with van der Waals surface area (Å²) in [4.78, 5) is 12.1. The van der Waals surface area contributed by atoms with Crippen molar-refractivity contribution >= 4 is 5.78 Å². The van der Waals surface area contributed by atoms with Crippen molar-refractivity contribution in [1.29, 1.82) is 0 Å². The van der Waals surface area contributed by atoms with Crippen molar-refractivity contribution in [2.75, 3.05) is 6.61 Å². The molecule has 0 saturated carbocycles. The summed E-state index contributed by atoms with van der Waals surface area (Å²) in [6, 6.07) is 9.39. The standard InChI is InChI=1S/C12H14O2/c1-12(2,10-8-14-10)11(13)9-6-4-3-5-7-9/h3-7,10H,8H2,1-2H3. The van der Waals surface area contributed by atoms with Gasteiger partial charge in [-0.25, -0.2) is 0 Å². The number of epoxide rings is 1. The number of Topliss-reactive ketones (excluding diaryl/α,β-unsaturated/α-hetero) is 1. The lowest BCUT2D eigenvalue weighted by Crippen LogP contribution is -2.30. The zero-order chi connectivity index (χ0) is 10.2. The summed E-state index contributed by atoms with van der Waals surface area (Å²) < 4.78 is 5.20. The van der Waals surface area contributed by atoms with Crippen LogP contribution in [-0.2, 0) is 4.74 Å². The van der Waals surface area contributed by atoms with Gasteiger partial charge in [0.05, 0.1) is 18.1 Å². The van der Waals surface area contributed by atoms with Crippen LogP contribution in [-0.4, -0.2) is 18.5 Å². The summed E-state index contributed by atoms with van der Waals surface area (Å²) in [6.45, 7) is 4.60. The minimum absolute atomic E-state index is 0.107. The van der Waals surface area contributed by atoms with E-state index in [0.29, 0.717) is 6.61 Å². The number of hydrogen-bond donors (Lipinski definition) is 0. The van der Waals surface area contributed by atoms with Gasteiger partial charge in [0, 0.05) is 5.56 Å². The second-order valence-electron chi connectivity index (χ2n) is 4.24. The molecule has 1 unspecified atom stereocenters. The fourth-order valence-corrected chi connectivity index (χ4v) is 1.57. The molecule has 2 heteroatoms. The molecule has 1 aliphatic rings. The quantitative estimate of drug-likeness (QED) is 0.540. The van der Waals surface area contributed by atoms with Crippen molar-refractivity contribution in [3.63, 3.8) is 0 Å². The van der Waals surface area contributed by atoms with E-state index in [1.807, 2.05) is 44.2 Å². The maximum absolute atomic E-state index is 12.1. The van der Waals surface area contributed by atoms with Crippen LogP contribution in [0, 0.1) is 5.41 Å². The number of rotatable bonds is 3. The van der Waals surface area contributed by atoms with Crippen molar-refractivity contribution in [2.24, 2.45) is 5.41 Å². The minimum Gasteiger partial charge on any atom is -0.372 e. The van der Waals surface area contributed by atoms with E-state index in [1.165, 1.54) is 0 Å². The average Bonchev–Trinajstić information content (AvgIpc) is 3.01. The second-order valence-corrected chi connectivity index (χ2v) is 4.24. The van der Waals surface area contributed by atoms with Gasteiger partial charge in [-0.05, 0) is 13.8 Å². The van der Waals surface area contributed by atoms with Gasteiger partial charge in [0.2, 0.25) is 0 Å². The normalized spacial score (nSPS) is 20.6. The van der Waals surface area contributed by atoms with Crippen molar-refractivity contribution in [3.8, 4) is 0 Å². The summed E-state index contributed by atoms with van der Waals surface area (Å²) in [5.74, 6) is 0.167. The molecule has 1 aliphatic heterocycles. The van der Waals surface area contributed by atoms with Crippen LogP contribution < -0.4 is 0 Å². The first kappa shape index (κ1) is 9.41. The summed E-state index contributed by atoms with van der Waals surface area (Å²) in [5, 5.41) is 0. The predicted molar refractivity (Wildman–Crippen MR) is 54.3 cm³/mol. The molecule has 1 aromatic carbocycles. The third-order valence-corrected chi connectivity index (χ3v) is 2.76. The smallest absolute Gasteiger partial charge is 0.171 e. The topological polar surface area (TPSA) is 29.6 Å². The molecule has 0 N–H and O–H groups in total. The van der Waals surface area contributed by atoms with Crippen LogP contribution in [0.25, 0.3) is 0 Å². The van der Waals surface area contributed by atoms with E-state index in [-0.39, 0.29) is 17.3 Å². The Kier molecular flexibility index (Phi) is 2.16. The number of carbonyl (C=O) groups is 1. The molecule has 1 saturated heterocycles. The van der Waals surface area contributed by atoms with Gasteiger partial charge >= 0.3 is 0 Å². The molecule has 1 heterocycles. The third kappa shape index (κ3) is 1.58. The molecule has 0 aromatic heterocycles. The van der Waals surface area contributed by atoms with Crippen molar-refractivity contribution in [2.45, 2.75) is 20.0 Å². The van der Waals surface area contributed by atoms with Gasteiger partial charge in [0.1, 0.15) is 0 Å². The fourth-order valence-electron chi connectivity index (χ4n) is 1.57. The molecule has 1 fully saturated rings. The Morgan fingerprint density at radius 2 is 1.93 bits per heavy atom. The maximum atomic E-state index is 12.1. The molecular formula is C12H14O2. The number of ketones is 1. The van der Waals surface area contributed by atoms with Crippen LogP contribution in [0.15, 0.2) is 30.3 Å². The zero-order valence-electron chi connectivity index (χ0n) is 8.49. The molecule has 0 aliphatic carbocycles. The van der Waals surface area contributed by atoms with Crippen LogP contribution in [0.1, 0.15) is 24.2 Å². The first-order valence-corrected chi connectivity index (χ1v) is 4.84. The Hall–Kier alpha value is -1.15. The van der Waals surface area contributed by atoms with E-state index < -0.39 is 0 Å². The van der Waals surface area contributed by atoms with Crippen LogP contribution in [0.4, 0.5) is 0 Å². The molecule has 1 atom stereocenters. The monoisotopic (exact) mass is 190 g/mol. The molecule has 0 radical (unpaired) electrons. The van der Waals surface area contributed by atoms with Crippen molar-refractivity contribution < 1.29 is 9.53 Å². The van der Waals surface area contributed by atoms with E-state index in [4.69, 9.17) is 4.74 Å². The predicted octanol–water partition coefficient (Wildman–Crippen LogP) is 2.29. The molecule has 2 rings (SSSR count). The molecule has 74 valence electrons. The lowest BCUT2D eigenvalue weighted by atomic mass is 9.81. The highest BCUT2D eigenvalue weighted by molar-refractivity contribution is 6.00. The first-order valence-electron chi connectivity index (χ1n) is 4.84. The van der Waals surface area contributed by atoms with Crippen molar-refractivity contribution in [3.05, 3.63) is 35.9 Å². The summed E-state index contributed by atoms with van der Waals surface area (Å²) in [7, 11) is 0. The van der Waals surface area contributed by atoms with E-state index >= 15 is 0 Å². The molecule has 0 bridgehead atoms. The number of carbonyl (C=O) groups excluding carboxylic acids is 1. The number of ether oxygens (including phenoxy) is 1. The van der Waals surface area contributed by atoms with Gasteiger partial charge in [-0.3, -0.25) is 4.79 Å². The molecule has 0 amide bonds. The second kappa shape index (κ2) is 3.21. The van der Waals surface area contributed by atoms with E-state index in [0.717, 1.165) is 5.56 Å². The summed E-state index contributed by atoms with van der Waals surface area (Å²) >= 11 is 0. The van der Waals surface area contributed by atoms with Crippen LogP contribution in [0.2, 0.25) is 0 Å². The molecule has 0 spiro atoms. The fraction of sp³-hybridized carbons (Fsp3) is 0.417. The first-order chi connectivity index (χ1) is 6.62. The van der Waals surface area contributed by atoms with Gasteiger partial charge in [-0.15, -0.1) is 0 Å². The van der Waals surface area contributed by atoms with Crippen LogP contribution in [0.3, 0.4) is 0 Å². The van der Waals surface area contributed by atoms with Gasteiger partial charge < -0.3 is 4.74 Å². The van der Waals surface area contributed by atoms with Gasteiger partial charge in [-0.1, -0.05) is 30.3 Å². The lowest BCUT2D eigenvalue weighted by molar-refractivity contribution is 0.0794. The Morgan fingerprint density at radius 1 is 1.36 bits per heavy atom. The van der Waals surface area contributed by atoms with Crippen LogP contribution >= 0.6 is 0 Å². The summed E-state index contributed by atoms with van der Waals surface area (Å²) in [5.41, 5.74) is 0.384. The Balaban J connectivity index is 2.23. The van der Waals surface area contributed by atoms with Gasteiger partial charge in [-0.2, -0.15) is 0 Å². The Morgan fingerprint density at radius 3 is 2.43 bits per heavy atom. The molecule has 1 aromatic rings. The molecular weight excluding hydrogens is 176 g/mol.